The molecule has 24 heavy (non-hydrogen) atoms. The van der Waals surface area contributed by atoms with Crippen LogP contribution in [0.3, 0.4) is 0 Å². The maximum atomic E-state index is 5.74. The van der Waals surface area contributed by atoms with E-state index in [9.17, 15) is 0 Å². The first-order valence-corrected chi connectivity index (χ1v) is 20.6. The maximum Gasteiger partial charge on any atom is 0.334 e. The first-order valence-electron chi connectivity index (χ1n) is 8.18. The molecular weight excluding hydrogens is 392 g/mol. The van der Waals surface area contributed by atoms with Crippen LogP contribution in [0, 0.1) is 0 Å². The Morgan fingerprint density at radius 3 is 1.33 bits per heavy atom. The number of hydrogen-bond acceptors (Lipinski definition) is 4. The smallest absolute Gasteiger partial charge is 0.334 e. The minimum absolute atomic E-state index is 0.925. The first kappa shape index (κ1) is 29.5. The van der Waals surface area contributed by atoms with Crippen molar-refractivity contribution in [2.45, 2.75) is 57.9 Å². The Hall–Kier alpha value is 0.738. The van der Waals surface area contributed by atoms with E-state index in [1.54, 1.807) is 28.4 Å². The molecule has 148 valence electrons. The van der Waals surface area contributed by atoms with Crippen LogP contribution in [-0.4, -0.2) is 61.7 Å². The summed E-state index contributed by atoms with van der Waals surface area (Å²) < 4.78 is 20.5. The fourth-order valence-electron chi connectivity index (χ4n) is 0.986. The van der Waals surface area contributed by atoms with Gasteiger partial charge in [-0.3, -0.25) is 0 Å². The Labute approximate surface area is 160 Å². The van der Waals surface area contributed by atoms with E-state index in [2.05, 4.69) is 32.8 Å². The van der Waals surface area contributed by atoms with E-state index >= 15 is 0 Å². The minimum atomic E-state index is -1.77. The zero-order valence-electron chi connectivity index (χ0n) is 17.8. The molecule has 0 saturated heterocycles. The summed E-state index contributed by atoms with van der Waals surface area (Å²) in [5.41, 5.74) is 1.84. The van der Waals surface area contributed by atoms with Crippen LogP contribution in [0.15, 0.2) is 12.3 Å². The van der Waals surface area contributed by atoms with Crippen molar-refractivity contribution in [2.24, 2.45) is 0 Å². The van der Waals surface area contributed by atoms with Crippen molar-refractivity contribution < 1.29 is 17.7 Å². The SMILES string of the molecule is C=C[Si](C)(C)Cl.CO[SiH](C)OC.CO[Si](C)(CC[Si](C)(C)C)OC. The van der Waals surface area contributed by atoms with Gasteiger partial charge in [0.1, 0.15) is 0 Å². The van der Waals surface area contributed by atoms with Gasteiger partial charge in [-0.05, 0) is 19.1 Å². The third kappa shape index (κ3) is 25.0. The molecule has 0 rings (SSSR count). The summed E-state index contributed by atoms with van der Waals surface area (Å²) in [5, 5.41) is 0. The van der Waals surface area contributed by atoms with Crippen molar-refractivity contribution in [3.63, 3.8) is 0 Å². The van der Waals surface area contributed by atoms with E-state index in [0.29, 0.717) is 0 Å². The van der Waals surface area contributed by atoms with Crippen LogP contribution in [0.4, 0.5) is 0 Å². The van der Waals surface area contributed by atoms with E-state index in [0.717, 1.165) is 6.04 Å². The van der Waals surface area contributed by atoms with Crippen molar-refractivity contribution in [3.05, 3.63) is 12.3 Å². The summed E-state index contributed by atoms with van der Waals surface area (Å²) in [6.45, 7) is 18.9. The normalized spacial score (nSPS) is 12.0. The molecule has 0 aliphatic heterocycles. The molecule has 0 radical (unpaired) electrons. The fourth-order valence-corrected chi connectivity index (χ4v) is 6.57. The second kappa shape index (κ2) is 14.9. The Morgan fingerprint density at radius 1 is 0.875 bits per heavy atom. The van der Waals surface area contributed by atoms with Gasteiger partial charge in [-0.25, -0.2) is 0 Å². The van der Waals surface area contributed by atoms with Crippen LogP contribution in [0.5, 0.6) is 0 Å². The quantitative estimate of drug-likeness (QED) is 0.400. The van der Waals surface area contributed by atoms with Crippen LogP contribution < -0.4 is 0 Å². The molecule has 0 amide bonds. The molecule has 0 saturated carbocycles. The molecule has 0 N–H and O–H groups in total. The van der Waals surface area contributed by atoms with Crippen molar-refractivity contribution >= 4 is 44.4 Å². The molecule has 0 heterocycles. The largest absolute Gasteiger partial charge is 0.400 e. The monoisotopic (exact) mass is 432 g/mol. The summed E-state index contributed by atoms with van der Waals surface area (Å²) in [5.74, 6) is 0. The number of halogens is 1. The predicted octanol–water partition coefficient (Wildman–Crippen LogP) is 4.97. The van der Waals surface area contributed by atoms with E-state index < -0.39 is 33.3 Å². The third-order valence-electron chi connectivity index (χ3n) is 3.34. The third-order valence-corrected chi connectivity index (χ3v) is 11.2. The van der Waals surface area contributed by atoms with E-state index in [-0.39, 0.29) is 0 Å². The second-order valence-corrected chi connectivity index (χ2v) is 25.2. The Balaban J connectivity index is -0.000000309. The standard InChI is InChI=1S/C8H22O2Si2.C4H9ClSi.C3H10O2Si/c1-9-12(6,10-2)8-7-11(3,4)5;1-4-6(2,3)5;1-4-6(3)5-2/h7-8H2,1-6H3;4H,1H2,2-3H3;6H,1-3H3. The molecule has 4 nitrogen and oxygen atoms in total. The highest BCUT2D eigenvalue weighted by Crippen LogP contribution is 2.20. The van der Waals surface area contributed by atoms with Gasteiger partial charge in [0.25, 0.3) is 0 Å². The average molecular weight is 433 g/mol. The van der Waals surface area contributed by atoms with Crippen LogP contribution in [-0.2, 0) is 17.7 Å². The van der Waals surface area contributed by atoms with Gasteiger partial charge in [0.2, 0.25) is 0 Å². The topological polar surface area (TPSA) is 36.9 Å². The zero-order valence-corrected chi connectivity index (χ0v) is 22.7. The van der Waals surface area contributed by atoms with Crippen molar-refractivity contribution in [1.29, 1.82) is 0 Å². The lowest BCUT2D eigenvalue weighted by molar-refractivity contribution is 0.251. The number of hydrogen-bond donors (Lipinski definition) is 0. The van der Waals surface area contributed by atoms with Gasteiger partial charge in [-0.2, -0.15) is 11.1 Å². The van der Waals surface area contributed by atoms with Gasteiger partial charge >= 0.3 is 17.8 Å². The Morgan fingerprint density at radius 2 is 1.21 bits per heavy atom. The summed E-state index contributed by atoms with van der Waals surface area (Å²) >= 11 is 5.74. The lowest BCUT2D eigenvalue weighted by Gasteiger charge is -2.26. The maximum absolute atomic E-state index is 5.74. The van der Waals surface area contributed by atoms with E-state index in [1.165, 1.54) is 6.04 Å². The molecule has 0 bridgehead atoms. The molecule has 0 unspecified atom stereocenters. The minimum Gasteiger partial charge on any atom is -0.400 e. The van der Waals surface area contributed by atoms with Crippen LogP contribution >= 0.6 is 11.1 Å². The Bertz CT molecular complexity index is 299. The second-order valence-electron chi connectivity index (χ2n) is 7.41. The number of rotatable bonds is 8. The molecule has 9 heteroatoms. The fraction of sp³-hybridized carbons (Fsp3) is 0.867. The average Bonchev–Trinajstić information content (AvgIpc) is 2.51. The molecule has 0 aliphatic rings. The van der Waals surface area contributed by atoms with Crippen molar-refractivity contribution in [3.8, 4) is 0 Å². The lowest BCUT2D eigenvalue weighted by Crippen LogP contribution is -2.38. The first-order chi connectivity index (χ1) is 10.7. The summed E-state index contributed by atoms with van der Waals surface area (Å²) in [6, 6.07) is 2.44. The van der Waals surface area contributed by atoms with Crippen LogP contribution in [0.25, 0.3) is 0 Å². The summed E-state index contributed by atoms with van der Waals surface area (Å²) in [4.78, 5) is 0. The molecule has 0 aromatic rings. The van der Waals surface area contributed by atoms with E-state index in [1.807, 2.05) is 25.3 Å². The van der Waals surface area contributed by atoms with Gasteiger partial charge < -0.3 is 17.7 Å². The van der Waals surface area contributed by atoms with Crippen LogP contribution in [0.2, 0.25) is 57.9 Å². The molecule has 0 aliphatic carbocycles. The molecule has 0 aromatic heterocycles. The van der Waals surface area contributed by atoms with Gasteiger partial charge in [-0.15, -0.1) is 6.58 Å². The van der Waals surface area contributed by atoms with Gasteiger partial charge in [0.05, 0.1) is 0 Å². The summed E-state index contributed by atoms with van der Waals surface area (Å²) in [6.07, 6.45) is 0. The molecule has 0 spiro atoms. The molecular formula is C15H41ClO4Si4. The van der Waals surface area contributed by atoms with Crippen molar-refractivity contribution in [2.75, 3.05) is 28.4 Å². The highest BCUT2D eigenvalue weighted by Gasteiger charge is 2.30. The highest BCUT2D eigenvalue weighted by molar-refractivity contribution is 7.21. The van der Waals surface area contributed by atoms with Gasteiger partial charge in [0, 0.05) is 36.5 Å². The van der Waals surface area contributed by atoms with E-state index in [4.69, 9.17) is 28.8 Å². The zero-order chi connectivity index (χ0) is 20.0. The van der Waals surface area contributed by atoms with Gasteiger partial charge in [-0.1, -0.05) is 44.5 Å². The molecule has 0 aromatic carbocycles. The van der Waals surface area contributed by atoms with Gasteiger partial charge in [0.15, 0.2) is 7.38 Å². The molecule has 0 atom stereocenters. The molecule has 0 fully saturated rings. The van der Waals surface area contributed by atoms with Crippen molar-refractivity contribution in [1.82, 2.24) is 0 Å². The lowest BCUT2D eigenvalue weighted by atomic mass is 10.9. The highest BCUT2D eigenvalue weighted by atomic mass is 35.6. The van der Waals surface area contributed by atoms with Crippen LogP contribution in [0.1, 0.15) is 0 Å². The summed E-state index contributed by atoms with van der Waals surface area (Å²) in [7, 11) is 1.61. The predicted molar refractivity (Wildman–Crippen MR) is 119 cm³/mol. The Kier molecular flexibility index (Phi) is 18.3.